The quantitative estimate of drug-likeness (QED) is 0.506. The van der Waals surface area contributed by atoms with Crippen LogP contribution >= 0.6 is 0 Å². The summed E-state index contributed by atoms with van der Waals surface area (Å²) >= 11 is 0. The highest BCUT2D eigenvalue weighted by Gasteiger charge is 2.79. The van der Waals surface area contributed by atoms with Gasteiger partial charge in [-0.2, -0.15) is 0 Å². The van der Waals surface area contributed by atoms with Gasteiger partial charge in [-0.05, 0) is 49.5 Å². The smallest absolute Gasteiger partial charge is 0.171 e. The number of carbonyl (C=O) groups is 1. The minimum atomic E-state index is -0.375. The van der Waals surface area contributed by atoms with Gasteiger partial charge in [0.05, 0.1) is 13.2 Å². The molecule has 2 heterocycles. The van der Waals surface area contributed by atoms with Gasteiger partial charge in [-0.25, -0.2) is 0 Å². The molecule has 5 atom stereocenters. The van der Waals surface area contributed by atoms with Crippen LogP contribution in [0.1, 0.15) is 58.3 Å². The van der Waals surface area contributed by atoms with Crippen molar-refractivity contribution in [2.24, 2.45) is 17.3 Å². The molecule has 6 rings (SSSR count). The zero-order chi connectivity index (χ0) is 16.2. The maximum absolute atomic E-state index is 12.5. The van der Waals surface area contributed by atoms with Gasteiger partial charge in [0.1, 0.15) is 17.0 Å². The largest absolute Gasteiger partial charge is 0.358 e. The summed E-state index contributed by atoms with van der Waals surface area (Å²) in [7, 11) is 0. The van der Waals surface area contributed by atoms with Crippen molar-refractivity contribution in [1.29, 1.82) is 0 Å². The van der Waals surface area contributed by atoms with E-state index in [9.17, 15) is 4.79 Å². The monoisotopic (exact) mass is 330 g/mol. The summed E-state index contributed by atoms with van der Waals surface area (Å²) in [5.74, 6) is 1.21. The zero-order valence-electron chi connectivity index (χ0n) is 14.4. The molecule has 0 aromatic heterocycles. The summed E-state index contributed by atoms with van der Waals surface area (Å²) in [6.07, 6.45) is 10.3. The van der Waals surface area contributed by atoms with Gasteiger partial charge in [0.25, 0.3) is 0 Å². The second kappa shape index (κ2) is 4.16. The van der Waals surface area contributed by atoms with Gasteiger partial charge in [-0.3, -0.25) is 4.79 Å². The molecule has 2 saturated heterocycles. The Morgan fingerprint density at radius 3 is 2.79 bits per heavy atom. The highest BCUT2D eigenvalue weighted by Crippen LogP contribution is 2.73. The van der Waals surface area contributed by atoms with Crippen molar-refractivity contribution in [3.8, 4) is 0 Å². The normalized spacial score (nSPS) is 53.9. The molecule has 0 radical (unpaired) electrons. The Hall–Kier alpha value is -0.710. The lowest BCUT2D eigenvalue weighted by molar-refractivity contribution is -0.185. The lowest BCUT2D eigenvalue weighted by Gasteiger charge is -2.48. The first-order valence-electron chi connectivity index (χ1n) is 9.75. The molecule has 24 heavy (non-hydrogen) atoms. The average Bonchev–Trinajstić information content (AvgIpc) is 2.88. The third-order valence-corrected chi connectivity index (χ3v) is 8.38. The average molecular weight is 330 g/mol. The summed E-state index contributed by atoms with van der Waals surface area (Å²) in [6.45, 7) is 3.65. The van der Waals surface area contributed by atoms with Crippen LogP contribution in [0.5, 0.6) is 0 Å². The molecule has 0 bridgehead atoms. The maximum atomic E-state index is 12.5. The van der Waals surface area contributed by atoms with E-state index < -0.39 is 0 Å². The number of ether oxygens (including phenoxy) is 3. The topological polar surface area (TPSA) is 48.1 Å². The van der Waals surface area contributed by atoms with Crippen LogP contribution in [0.4, 0.5) is 0 Å². The molecule has 4 aliphatic carbocycles. The first-order chi connectivity index (χ1) is 11.5. The van der Waals surface area contributed by atoms with Crippen LogP contribution in [0.2, 0.25) is 0 Å². The van der Waals surface area contributed by atoms with Crippen LogP contribution in [0.3, 0.4) is 0 Å². The molecule has 0 aromatic rings. The number of hydrogen-bond donors (Lipinski definition) is 0. The standard InChI is InChI=1S/C20H26O4/c1-17-6-5-15-13(14(17)2-3-16(17)21)4-7-18-12-19(22-10-11-23-19)8-9-20(15,18)24-18/h5,13-14H,2-4,6-12H2,1H3/t13-,14-,17-,18+,20-/m0/s1. The third kappa shape index (κ3) is 1.47. The van der Waals surface area contributed by atoms with Crippen LogP contribution in [0.25, 0.3) is 0 Å². The van der Waals surface area contributed by atoms with Crippen molar-refractivity contribution in [2.45, 2.75) is 75.3 Å². The number of Topliss-reactive ketones (excluding diaryl/α,β-unsaturated/α-hetero) is 1. The Morgan fingerprint density at radius 1 is 1.12 bits per heavy atom. The predicted octanol–water partition coefficient (Wildman–Crippen LogP) is 3.15. The fraction of sp³-hybridized carbons (Fsp3) is 0.850. The van der Waals surface area contributed by atoms with Crippen molar-refractivity contribution in [3.05, 3.63) is 11.6 Å². The van der Waals surface area contributed by atoms with Crippen molar-refractivity contribution in [2.75, 3.05) is 13.2 Å². The maximum Gasteiger partial charge on any atom is 0.171 e. The number of allylic oxidation sites excluding steroid dienone is 1. The molecule has 0 aromatic carbocycles. The van der Waals surface area contributed by atoms with E-state index in [0.717, 1.165) is 64.6 Å². The van der Waals surface area contributed by atoms with Gasteiger partial charge in [0.2, 0.25) is 0 Å². The lowest BCUT2D eigenvalue weighted by atomic mass is 9.54. The summed E-state index contributed by atoms with van der Waals surface area (Å²) < 4.78 is 18.5. The van der Waals surface area contributed by atoms with Crippen molar-refractivity contribution < 1.29 is 19.0 Å². The van der Waals surface area contributed by atoms with Crippen LogP contribution in [-0.2, 0) is 19.0 Å². The Balaban J connectivity index is 1.37. The van der Waals surface area contributed by atoms with Gasteiger partial charge >= 0.3 is 0 Å². The van der Waals surface area contributed by atoms with Crippen molar-refractivity contribution >= 4 is 5.78 Å². The fourth-order valence-corrected chi connectivity index (χ4v) is 7.11. The Labute approximate surface area is 142 Å². The van der Waals surface area contributed by atoms with E-state index in [2.05, 4.69) is 13.0 Å². The molecule has 0 unspecified atom stereocenters. The van der Waals surface area contributed by atoms with E-state index in [1.807, 2.05) is 0 Å². The molecule has 6 aliphatic rings. The van der Waals surface area contributed by atoms with E-state index in [1.165, 1.54) is 0 Å². The first-order valence-corrected chi connectivity index (χ1v) is 9.75. The fourth-order valence-electron chi connectivity index (χ4n) is 7.11. The number of fused-ring (bicyclic) bond motifs is 3. The molecule has 3 saturated carbocycles. The highest BCUT2D eigenvalue weighted by atomic mass is 16.7. The molecular formula is C20H26O4. The molecule has 5 fully saturated rings. The minimum Gasteiger partial charge on any atom is -0.358 e. The summed E-state index contributed by atoms with van der Waals surface area (Å²) in [5, 5.41) is 0. The summed E-state index contributed by atoms with van der Waals surface area (Å²) in [6, 6.07) is 0. The van der Waals surface area contributed by atoms with Crippen LogP contribution in [0.15, 0.2) is 11.6 Å². The number of carbonyl (C=O) groups excluding carboxylic acids is 1. The second-order valence-electron chi connectivity index (χ2n) is 9.20. The molecule has 2 aliphatic heterocycles. The van der Waals surface area contributed by atoms with Gasteiger partial charge in [-0.1, -0.05) is 13.0 Å². The second-order valence-corrected chi connectivity index (χ2v) is 9.20. The van der Waals surface area contributed by atoms with Gasteiger partial charge < -0.3 is 14.2 Å². The molecule has 0 amide bonds. The molecule has 0 N–H and O–H groups in total. The summed E-state index contributed by atoms with van der Waals surface area (Å²) in [4.78, 5) is 12.5. The third-order valence-electron chi connectivity index (χ3n) is 8.38. The van der Waals surface area contributed by atoms with E-state index in [-0.39, 0.29) is 22.4 Å². The predicted molar refractivity (Wildman–Crippen MR) is 86.3 cm³/mol. The van der Waals surface area contributed by atoms with E-state index in [4.69, 9.17) is 14.2 Å². The Kier molecular flexibility index (Phi) is 2.51. The molecule has 130 valence electrons. The highest BCUT2D eigenvalue weighted by molar-refractivity contribution is 5.87. The van der Waals surface area contributed by atoms with Gasteiger partial charge in [-0.15, -0.1) is 0 Å². The molecule has 1 spiro atoms. The molecule has 4 nitrogen and oxygen atoms in total. The number of epoxide rings is 1. The van der Waals surface area contributed by atoms with Crippen LogP contribution in [0, 0.1) is 17.3 Å². The van der Waals surface area contributed by atoms with Gasteiger partial charge in [0.15, 0.2) is 5.79 Å². The van der Waals surface area contributed by atoms with E-state index in [1.54, 1.807) is 5.57 Å². The van der Waals surface area contributed by atoms with Crippen molar-refractivity contribution in [3.63, 3.8) is 0 Å². The minimum absolute atomic E-state index is 0.0473. The lowest BCUT2D eigenvalue weighted by Crippen LogP contribution is -2.51. The zero-order valence-corrected chi connectivity index (χ0v) is 14.4. The summed E-state index contributed by atoms with van der Waals surface area (Å²) in [5.41, 5.74) is 1.34. The van der Waals surface area contributed by atoms with Crippen molar-refractivity contribution in [1.82, 2.24) is 0 Å². The Morgan fingerprint density at radius 2 is 1.96 bits per heavy atom. The number of hydrogen-bond acceptors (Lipinski definition) is 4. The molecule has 4 heteroatoms. The van der Waals surface area contributed by atoms with Crippen LogP contribution < -0.4 is 0 Å². The number of rotatable bonds is 0. The SMILES string of the molecule is C[C@]12CC=C3[C@@H](CC[C@@]45CC6(CC[C@]34O5)OCCO6)[C@@H]1CCC2=O. The van der Waals surface area contributed by atoms with Gasteiger partial charge in [0, 0.05) is 24.7 Å². The van der Waals surface area contributed by atoms with E-state index in [0.29, 0.717) is 17.6 Å². The van der Waals surface area contributed by atoms with Crippen LogP contribution in [-0.4, -0.2) is 36.0 Å². The Bertz CT molecular complexity index is 663. The number of ketones is 1. The molecular weight excluding hydrogens is 304 g/mol. The first kappa shape index (κ1) is 14.5. The van der Waals surface area contributed by atoms with E-state index >= 15 is 0 Å².